The van der Waals surface area contributed by atoms with Gasteiger partial charge in [-0.05, 0) is 25.0 Å². The highest BCUT2D eigenvalue weighted by molar-refractivity contribution is 5.21. The van der Waals surface area contributed by atoms with E-state index in [1.165, 1.54) is 0 Å². The van der Waals surface area contributed by atoms with Crippen molar-refractivity contribution >= 4 is 0 Å². The quantitative estimate of drug-likeness (QED) is 0.734. The van der Waals surface area contributed by atoms with E-state index < -0.39 is 6.10 Å². The zero-order valence-electron chi connectivity index (χ0n) is 7.97. The molecule has 1 aromatic rings. The van der Waals surface area contributed by atoms with Gasteiger partial charge in [-0.15, -0.1) is 0 Å². The standard InChI is InChI=1S/C11H15NO2/c12-9-6-7-10(11(9)13)14-8-4-2-1-3-5-8/h1-5,9-11,13H,6-7,12H2/t9-,10-,11-/m0/s1. The summed E-state index contributed by atoms with van der Waals surface area (Å²) in [5.41, 5.74) is 5.69. The fraction of sp³-hybridized carbons (Fsp3) is 0.455. The molecule has 0 saturated heterocycles. The first-order chi connectivity index (χ1) is 6.77. The van der Waals surface area contributed by atoms with Gasteiger partial charge in [0, 0.05) is 6.04 Å². The lowest BCUT2D eigenvalue weighted by atomic mass is 10.2. The first-order valence-corrected chi connectivity index (χ1v) is 4.93. The van der Waals surface area contributed by atoms with E-state index in [-0.39, 0.29) is 12.1 Å². The van der Waals surface area contributed by atoms with E-state index in [1.54, 1.807) is 0 Å². The van der Waals surface area contributed by atoms with Gasteiger partial charge in [-0.3, -0.25) is 0 Å². The maximum Gasteiger partial charge on any atom is 0.126 e. The van der Waals surface area contributed by atoms with Crippen molar-refractivity contribution in [2.45, 2.75) is 31.1 Å². The molecule has 0 amide bonds. The fourth-order valence-corrected chi connectivity index (χ4v) is 1.78. The molecular weight excluding hydrogens is 178 g/mol. The summed E-state index contributed by atoms with van der Waals surface area (Å²) in [6, 6.07) is 9.40. The maximum atomic E-state index is 9.67. The van der Waals surface area contributed by atoms with Crippen LogP contribution in [0.25, 0.3) is 0 Å². The Bertz CT molecular complexity index is 289. The van der Waals surface area contributed by atoms with Gasteiger partial charge in [0.25, 0.3) is 0 Å². The summed E-state index contributed by atoms with van der Waals surface area (Å²) in [6.07, 6.45) is 0.984. The van der Waals surface area contributed by atoms with Gasteiger partial charge >= 0.3 is 0 Å². The van der Waals surface area contributed by atoms with Gasteiger partial charge in [0.15, 0.2) is 0 Å². The van der Waals surface area contributed by atoms with E-state index in [4.69, 9.17) is 10.5 Å². The summed E-state index contributed by atoms with van der Waals surface area (Å²) in [5, 5.41) is 9.67. The molecule has 0 spiro atoms. The van der Waals surface area contributed by atoms with E-state index in [0.717, 1.165) is 18.6 Å². The van der Waals surface area contributed by atoms with E-state index in [1.807, 2.05) is 30.3 Å². The van der Waals surface area contributed by atoms with E-state index in [0.29, 0.717) is 0 Å². The number of nitrogens with two attached hydrogens (primary N) is 1. The number of hydrogen-bond donors (Lipinski definition) is 2. The Morgan fingerprint density at radius 2 is 1.93 bits per heavy atom. The molecule has 1 fully saturated rings. The molecule has 0 aromatic heterocycles. The average molecular weight is 193 g/mol. The molecule has 0 radical (unpaired) electrons. The van der Waals surface area contributed by atoms with Crippen LogP contribution in [0.4, 0.5) is 0 Å². The van der Waals surface area contributed by atoms with Crippen molar-refractivity contribution in [1.82, 2.24) is 0 Å². The lowest BCUT2D eigenvalue weighted by molar-refractivity contribution is 0.0521. The van der Waals surface area contributed by atoms with Crippen molar-refractivity contribution in [2.75, 3.05) is 0 Å². The molecule has 3 N–H and O–H groups in total. The minimum absolute atomic E-state index is 0.135. The molecule has 0 bridgehead atoms. The van der Waals surface area contributed by atoms with Crippen molar-refractivity contribution < 1.29 is 9.84 Å². The molecular formula is C11H15NO2. The molecule has 1 saturated carbocycles. The lowest BCUT2D eigenvalue weighted by Crippen LogP contribution is -2.37. The van der Waals surface area contributed by atoms with Gasteiger partial charge in [0.1, 0.15) is 18.0 Å². The van der Waals surface area contributed by atoms with Crippen LogP contribution in [-0.2, 0) is 0 Å². The van der Waals surface area contributed by atoms with Crippen LogP contribution in [0.5, 0.6) is 5.75 Å². The molecule has 3 nitrogen and oxygen atoms in total. The topological polar surface area (TPSA) is 55.5 Å². The number of aliphatic hydroxyl groups excluding tert-OH is 1. The Morgan fingerprint density at radius 1 is 1.21 bits per heavy atom. The van der Waals surface area contributed by atoms with Gasteiger partial charge in [-0.25, -0.2) is 0 Å². The maximum absolute atomic E-state index is 9.67. The zero-order chi connectivity index (χ0) is 9.97. The summed E-state index contributed by atoms with van der Waals surface area (Å²) >= 11 is 0. The Hall–Kier alpha value is -1.06. The third-order valence-corrected chi connectivity index (χ3v) is 2.63. The second-order valence-corrected chi connectivity index (χ2v) is 3.70. The minimum Gasteiger partial charge on any atom is -0.488 e. The molecule has 3 heteroatoms. The Labute approximate surface area is 83.5 Å². The molecule has 0 heterocycles. The minimum atomic E-state index is -0.532. The number of aliphatic hydroxyl groups is 1. The molecule has 1 aliphatic rings. The SMILES string of the molecule is N[C@H]1CC[C@H](Oc2ccccc2)[C@H]1O. The number of para-hydroxylation sites is 1. The summed E-state index contributed by atoms with van der Waals surface area (Å²) in [6.45, 7) is 0. The van der Waals surface area contributed by atoms with Crippen molar-refractivity contribution in [2.24, 2.45) is 5.73 Å². The van der Waals surface area contributed by atoms with Gasteiger partial charge in [0.2, 0.25) is 0 Å². The second kappa shape index (κ2) is 3.98. The number of hydrogen-bond acceptors (Lipinski definition) is 3. The summed E-state index contributed by atoms with van der Waals surface area (Å²) < 4.78 is 5.63. The van der Waals surface area contributed by atoms with E-state index in [9.17, 15) is 5.11 Å². The Kier molecular flexibility index (Phi) is 2.70. The highest BCUT2D eigenvalue weighted by atomic mass is 16.5. The summed E-state index contributed by atoms with van der Waals surface area (Å²) in [4.78, 5) is 0. The van der Waals surface area contributed by atoms with Gasteiger partial charge in [-0.2, -0.15) is 0 Å². The normalized spacial score (nSPS) is 31.7. The van der Waals surface area contributed by atoms with Gasteiger partial charge in [-0.1, -0.05) is 18.2 Å². The van der Waals surface area contributed by atoms with Crippen LogP contribution in [0.2, 0.25) is 0 Å². The molecule has 3 atom stereocenters. The Balaban J connectivity index is 1.99. The monoisotopic (exact) mass is 193 g/mol. The Morgan fingerprint density at radius 3 is 2.50 bits per heavy atom. The summed E-state index contributed by atoms with van der Waals surface area (Å²) in [7, 11) is 0. The predicted molar refractivity (Wildman–Crippen MR) is 54.1 cm³/mol. The van der Waals surface area contributed by atoms with Crippen LogP contribution in [0.15, 0.2) is 30.3 Å². The molecule has 2 rings (SSSR count). The lowest BCUT2D eigenvalue weighted by Gasteiger charge is -2.18. The van der Waals surface area contributed by atoms with Crippen molar-refractivity contribution in [3.8, 4) is 5.75 Å². The highest BCUT2D eigenvalue weighted by Gasteiger charge is 2.33. The molecule has 0 aliphatic heterocycles. The van der Waals surface area contributed by atoms with Crippen LogP contribution in [0, 0.1) is 0 Å². The molecule has 14 heavy (non-hydrogen) atoms. The van der Waals surface area contributed by atoms with Crippen LogP contribution < -0.4 is 10.5 Å². The third kappa shape index (κ3) is 1.89. The summed E-state index contributed by atoms with van der Waals surface area (Å²) in [5.74, 6) is 0.797. The van der Waals surface area contributed by atoms with E-state index >= 15 is 0 Å². The number of ether oxygens (including phenoxy) is 1. The third-order valence-electron chi connectivity index (χ3n) is 2.63. The largest absolute Gasteiger partial charge is 0.488 e. The molecule has 1 aromatic carbocycles. The second-order valence-electron chi connectivity index (χ2n) is 3.70. The first-order valence-electron chi connectivity index (χ1n) is 4.93. The predicted octanol–water partition coefficient (Wildman–Crippen LogP) is 0.916. The zero-order valence-corrected chi connectivity index (χ0v) is 7.97. The first kappa shape index (κ1) is 9.49. The van der Waals surface area contributed by atoms with Crippen molar-refractivity contribution in [1.29, 1.82) is 0 Å². The fourth-order valence-electron chi connectivity index (χ4n) is 1.78. The van der Waals surface area contributed by atoms with E-state index in [2.05, 4.69) is 0 Å². The van der Waals surface area contributed by atoms with Crippen molar-refractivity contribution in [3.63, 3.8) is 0 Å². The van der Waals surface area contributed by atoms with Crippen LogP contribution >= 0.6 is 0 Å². The van der Waals surface area contributed by atoms with Crippen LogP contribution in [0.1, 0.15) is 12.8 Å². The molecule has 0 unspecified atom stereocenters. The highest BCUT2D eigenvalue weighted by Crippen LogP contribution is 2.23. The van der Waals surface area contributed by atoms with Gasteiger partial charge in [0.05, 0.1) is 0 Å². The van der Waals surface area contributed by atoms with Crippen LogP contribution in [-0.4, -0.2) is 23.4 Å². The van der Waals surface area contributed by atoms with Gasteiger partial charge < -0.3 is 15.6 Å². The molecule has 76 valence electrons. The number of benzene rings is 1. The average Bonchev–Trinajstić information content (AvgIpc) is 2.52. The van der Waals surface area contributed by atoms with Crippen LogP contribution in [0.3, 0.4) is 0 Å². The number of rotatable bonds is 2. The molecule has 1 aliphatic carbocycles. The van der Waals surface area contributed by atoms with Crippen molar-refractivity contribution in [3.05, 3.63) is 30.3 Å². The smallest absolute Gasteiger partial charge is 0.126 e.